The number of hydrogen-bond acceptors (Lipinski definition) is 4. The number of aromatic nitrogens is 2. The molecule has 0 unspecified atom stereocenters. The standard InChI is InChI=1S/C13H10Cl2N4/c1-7-10(6-16)12(19-13(17)18-7)4-8-2-3-9(14)5-11(8)15/h2-3,5H,4H2,1H3,(H2,17,18,19). The molecule has 96 valence electrons. The number of nitrogens with zero attached hydrogens (tertiary/aromatic N) is 3. The number of benzene rings is 1. The topological polar surface area (TPSA) is 75.6 Å². The fraction of sp³-hybridized carbons (Fsp3) is 0.154. The lowest BCUT2D eigenvalue weighted by molar-refractivity contribution is 0.997. The summed E-state index contributed by atoms with van der Waals surface area (Å²) in [6.45, 7) is 1.73. The highest BCUT2D eigenvalue weighted by Gasteiger charge is 2.12. The minimum atomic E-state index is 0.150. The Balaban J connectivity index is 2.46. The van der Waals surface area contributed by atoms with Gasteiger partial charge in [-0.05, 0) is 24.6 Å². The van der Waals surface area contributed by atoms with E-state index in [9.17, 15) is 0 Å². The van der Waals surface area contributed by atoms with E-state index < -0.39 is 0 Å². The zero-order valence-corrected chi connectivity index (χ0v) is 11.6. The van der Waals surface area contributed by atoms with Crippen molar-refractivity contribution >= 4 is 29.2 Å². The zero-order valence-electron chi connectivity index (χ0n) is 10.1. The van der Waals surface area contributed by atoms with Crippen LogP contribution in [0.1, 0.15) is 22.5 Å². The Bertz CT molecular complexity index is 677. The molecule has 0 atom stereocenters. The van der Waals surface area contributed by atoms with Crippen molar-refractivity contribution in [3.8, 4) is 6.07 Å². The van der Waals surface area contributed by atoms with Gasteiger partial charge in [0, 0.05) is 16.5 Å². The molecule has 0 saturated heterocycles. The van der Waals surface area contributed by atoms with Crippen LogP contribution in [0.5, 0.6) is 0 Å². The quantitative estimate of drug-likeness (QED) is 0.922. The number of nitrogen functional groups attached to an aromatic ring is 1. The first-order chi connectivity index (χ1) is 9.01. The molecule has 0 radical (unpaired) electrons. The molecule has 0 bridgehead atoms. The second kappa shape index (κ2) is 5.43. The van der Waals surface area contributed by atoms with Crippen molar-refractivity contribution in [1.82, 2.24) is 9.97 Å². The molecule has 0 fully saturated rings. The first kappa shape index (κ1) is 13.6. The Morgan fingerprint density at radius 3 is 2.68 bits per heavy atom. The highest BCUT2D eigenvalue weighted by Crippen LogP contribution is 2.24. The van der Waals surface area contributed by atoms with Gasteiger partial charge in [0.05, 0.1) is 17.0 Å². The van der Waals surface area contributed by atoms with E-state index in [1.807, 2.05) is 0 Å². The van der Waals surface area contributed by atoms with Crippen LogP contribution in [0.3, 0.4) is 0 Å². The van der Waals surface area contributed by atoms with Gasteiger partial charge in [-0.15, -0.1) is 0 Å². The number of rotatable bonds is 2. The van der Waals surface area contributed by atoms with Gasteiger partial charge in [-0.1, -0.05) is 29.3 Å². The summed E-state index contributed by atoms with van der Waals surface area (Å²) in [7, 11) is 0. The summed E-state index contributed by atoms with van der Waals surface area (Å²) in [6.07, 6.45) is 0.409. The Labute approximate surface area is 120 Å². The Morgan fingerprint density at radius 1 is 1.32 bits per heavy atom. The molecule has 0 amide bonds. The molecular formula is C13H10Cl2N4. The summed E-state index contributed by atoms with van der Waals surface area (Å²) in [5.41, 5.74) is 8.01. The maximum Gasteiger partial charge on any atom is 0.220 e. The van der Waals surface area contributed by atoms with Gasteiger partial charge in [0.25, 0.3) is 0 Å². The van der Waals surface area contributed by atoms with E-state index in [4.69, 9.17) is 34.2 Å². The molecule has 2 N–H and O–H groups in total. The number of nitrogens with two attached hydrogens (primary N) is 1. The van der Waals surface area contributed by atoms with Crippen molar-refractivity contribution in [3.05, 3.63) is 50.8 Å². The molecule has 0 saturated carbocycles. The fourth-order valence-electron chi connectivity index (χ4n) is 1.77. The Kier molecular flexibility index (Phi) is 3.89. The summed E-state index contributed by atoms with van der Waals surface area (Å²) in [5.74, 6) is 0.150. The van der Waals surface area contributed by atoms with Crippen molar-refractivity contribution in [2.24, 2.45) is 0 Å². The van der Waals surface area contributed by atoms with Crippen LogP contribution in [0.15, 0.2) is 18.2 Å². The molecule has 0 aliphatic rings. The Morgan fingerprint density at radius 2 is 2.05 bits per heavy atom. The van der Waals surface area contributed by atoms with E-state index in [1.165, 1.54) is 0 Å². The molecule has 0 aliphatic heterocycles. The molecular weight excluding hydrogens is 283 g/mol. The van der Waals surface area contributed by atoms with Crippen LogP contribution in [-0.2, 0) is 6.42 Å². The molecule has 4 nitrogen and oxygen atoms in total. The molecule has 0 spiro atoms. The van der Waals surface area contributed by atoms with E-state index in [0.717, 1.165) is 5.56 Å². The van der Waals surface area contributed by atoms with Crippen molar-refractivity contribution in [3.63, 3.8) is 0 Å². The molecule has 2 rings (SSSR count). The van der Waals surface area contributed by atoms with Gasteiger partial charge in [-0.3, -0.25) is 0 Å². The van der Waals surface area contributed by atoms with Crippen LogP contribution >= 0.6 is 23.2 Å². The maximum atomic E-state index is 9.16. The number of hydrogen-bond donors (Lipinski definition) is 1. The third-order valence-electron chi connectivity index (χ3n) is 2.67. The van der Waals surface area contributed by atoms with Crippen LogP contribution in [0.2, 0.25) is 10.0 Å². The lowest BCUT2D eigenvalue weighted by Crippen LogP contribution is -2.06. The fourth-order valence-corrected chi connectivity index (χ4v) is 2.25. The first-order valence-corrected chi connectivity index (χ1v) is 6.24. The zero-order chi connectivity index (χ0) is 14.0. The van der Waals surface area contributed by atoms with Gasteiger partial charge in [0.15, 0.2) is 0 Å². The monoisotopic (exact) mass is 292 g/mol. The third kappa shape index (κ3) is 2.95. The number of anilines is 1. The molecule has 19 heavy (non-hydrogen) atoms. The largest absolute Gasteiger partial charge is 0.368 e. The van der Waals surface area contributed by atoms with Gasteiger partial charge < -0.3 is 5.73 Å². The molecule has 1 aromatic carbocycles. The Hall–Kier alpha value is -1.83. The van der Waals surface area contributed by atoms with Gasteiger partial charge in [0.2, 0.25) is 5.95 Å². The maximum absolute atomic E-state index is 9.16. The van der Waals surface area contributed by atoms with Crippen LogP contribution in [0, 0.1) is 18.3 Å². The number of aryl methyl sites for hydroxylation is 1. The average Bonchev–Trinajstić information content (AvgIpc) is 2.32. The predicted molar refractivity (Wildman–Crippen MR) is 75.2 cm³/mol. The van der Waals surface area contributed by atoms with Crippen LogP contribution in [0.4, 0.5) is 5.95 Å². The van der Waals surface area contributed by atoms with Crippen molar-refractivity contribution in [1.29, 1.82) is 5.26 Å². The van der Waals surface area contributed by atoms with E-state index in [-0.39, 0.29) is 5.95 Å². The van der Waals surface area contributed by atoms with Crippen LogP contribution in [0.25, 0.3) is 0 Å². The lowest BCUT2D eigenvalue weighted by Gasteiger charge is -2.08. The minimum Gasteiger partial charge on any atom is -0.368 e. The predicted octanol–water partition coefficient (Wildman–Crippen LogP) is 3.14. The van der Waals surface area contributed by atoms with Crippen LogP contribution < -0.4 is 5.73 Å². The van der Waals surface area contributed by atoms with Crippen LogP contribution in [-0.4, -0.2) is 9.97 Å². The van der Waals surface area contributed by atoms with E-state index in [1.54, 1.807) is 25.1 Å². The summed E-state index contributed by atoms with van der Waals surface area (Å²) in [5, 5.41) is 10.3. The van der Waals surface area contributed by atoms with Gasteiger partial charge >= 0.3 is 0 Å². The summed E-state index contributed by atoms with van der Waals surface area (Å²) < 4.78 is 0. The highest BCUT2D eigenvalue weighted by molar-refractivity contribution is 6.35. The van der Waals surface area contributed by atoms with E-state index in [2.05, 4.69) is 16.0 Å². The lowest BCUT2D eigenvalue weighted by atomic mass is 10.0. The second-order valence-electron chi connectivity index (χ2n) is 4.01. The molecule has 6 heteroatoms. The van der Waals surface area contributed by atoms with Crippen molar-refractivity contribution in [2.75, 3.05) is 5.73 Å². The molecule has 2 aromatic rings. The SMILES string of the molecule is Cc1nc(N)nc(Cc2ccc(Cl)cc2Cl)c1C#N. The minimum absolute atomic E-state index is 0.150. The highest BCUT2D eigenvalue weighted by atomic mass is 35.5. The second-order valence-corrected chi connectivity index (χ2v) is 4.86. The number of halogens is 2. The first-order valence-electron chi connectivity index (χ1n) is 5.48. The summed E-state index contributed by atoms with van der Waals surface area (Å²) in [4.78, 5) is 8.09. The number of nitriles is 1. The normalized spacial score (nSPS) is 10.2. The van der Waals surface area contributed by atoms with Crippen molar-refractivity contribution in [2.45, 2.75) is 13.3 Å². The van der Waals surface area contributed by atoms with Gasteiger partial charge in [0.1, 0.15) is 6.07 Å². The van der Waals surface area contributed by atoms with E-state index in [0.29, 0.717) is 33.4 Å². The molecule has 1 heterocycles. The third-order valence-corrected chi connectivity index (χ3v) is 3.25. The van der Waals surface area contributed by atoms with Gasteiger partial charge in [-0.2, -0.15) is 5.26 Å². The van der Waals surface area contributed by atoms with E-state index >= 15 is 0 Å². The summed E-state index contributed by atoms with van der Waals surface area (Å²) >= 11 is 12.0. The average molecular weight is 293 g/mol. The van der Waals surface area contributed by atoms with Crippen molar-refractivity contribution < 1.29 is 0 Å². The smallest absolute Gasteiger partial charge is 0.220 e. The molecule has 0 aliphatic carbocycles. The van der Waals surface area contributed by atoms with Gasteiger partial charge in [-0.25, -0.2) is 9.97 Å². The summed E-state index contributed by atoms with van der Waals surface area (Å²) in [6, 6.07) is 7.29. The molecule has 1 aromatic heterocycles.